The summed E-state index contributed by atoms with van der Waals surface area (Å²) < 4.78 is 22.9. The van der Waals surface area contributed by atoms with Gasteiger partial charge in [0.05, 0.1) is 13.2 Å². The van der Waals surface area contributed by atoms with Crippen molar-refractivity contribution in [2.45, 2.75) is 6.42 Å². The van der Waals surface area contributed by atoms with Crippen molar-refractivity contribution in [1.29, 1.82) is 0 Å². The first-order valence-corrected chi connectivity index (χ1v) is 6.50. The van der Waals surface area contributed by atoms with E-state index in [1.165, 1.54) is 12.1 Å². The minimum absolute atomic E-state index is 0.266. The minimum atomic E-state index is -0.266. The molecular formula is C13H19FN2O2S. The predicted molar refractivity (Wildman–Crippen MR) is 77.9 cm³/mol. The van der Waals surface area contributed by atoms with E-state index in [-0.39, 0.29) is 5.82 Å². The van der Waals surface area contributed by atoms with Crippen molar-refractivity contribution in [3.05, 3.63) is 30.1 Å². The Labute approximate surface area is 118 Å². The van der Waals surface area contributed by atoms with Gasteiger partial charge in [0.25, 0.3) is 0 Å². The Hall–Kier alpha value is -1.24. The molecule has 0 saturated heterocycles. The number of anilines is 1. The first-order chi connectivity index (χ1) is 9.22. The third-order valence-electron chi connectivity index (χ3n) is 2.28. The monoisotopic (exact) mass is 286 g/mol. The van der Waals surface area contributed by atoms with E-state index in [9.17, 15) is 4.39 Å². The molecule has 0 spiro atoms. The Morgan fingerprint density at radius 1 is 1.21 bits per heavy atom. The van der Waals surface area contributed by atoms with Gasteiger partial charge in [0.1, 0.15) is 5.82 Å². The molecule has 0 atom stereocenters. The van der Waals surface area contributed by atoms with Gasteiger partial charge >= 0.3 is 0 Å². The third-order valence-corrected chi connectivity index (χ3v) is 2.53. The maximum absolute atomic E-state index is 12.7. The van der Waals surface area contributed by atoms with Crippen LogP contribution in [0.3, 0.4) is 0 Å². The van der Waals surface area contributed by atoms with Crippen molar-refractivity contribution in [3.8, 4) is 0 Å². The zero-order chi connectivity index (χ0) is 13.9. The molecule has 1 aromatic carbocycles. The molecule has 2 N–H and O–H groups in total. The summed E-state index contributed by atoms with van der Waals surface area (Å²) in [7, 11) is 1.64. The molecule has 0 amide bonds. The summed E-state index contributed by atoms with van der Waals surface area (Å²) in [6, 6.07) is 6.04. The van der Waals surface area contributed by atoms with Crippen molar-refractivity contribution >= 4 is 23.0 Å². The fourth-order valence-electron chi connectivity index (χ4n) is 1.33. The number of hydrogen-bond acceptors (Lipinski definition) is 3. The van der Waals surface area contributed by atoms with E-state index in [1.807, 2.05) is 0 Å². The maximum Gasteiger partial charge on any atom is 0.170 e. The van der Waals surface area contributed by atoms with Gasteiger partial charge in [-0.05, 0) is 42.9 Å². The highest BCUT2D eigenvalue weighted by Gasteiger charge is 1.97. The molecule has 19 heavy (non-hydrogen) atoms. The van der Waals surface area contributed by atoms with E-state index in [0.717, 1.165) is 18.7 Å². The Bertz CT molecular complexity index is 373. The number of thiocarbonyl (C=S) groups is 1. The molecule has 1 rings (SSSR count). The van der Waals surface area contributed by atoms with Gasteiger partial charge in [-0.15, -0.1) is 0 Å². The van der Waals surface area contributed by atoms with Gasteiger partial charge in [-0.25, -0.2) is 4.39 Å². The average Bonchev–Trinajstić information content (AvgIpc) is 2.40. The largest absolute Gasteiger partial charge is 0.382 e. The van der Waals surface area contributed by atoms with Gasteiger partial charge in [0.2, 0.25) is 0 Å². The van der Waals surface area contributed by atoms with E-state index in [2.05, 4.69) is 10.6 Å². The zero-order valence-corrected chi connectivity index (χ0v) is 11.8. The molecule has 0 heterocycles. The smallest absolute Gasteiger partial charge is 0.170 e. The molecule has 0 aliphatic rings. The molecule has 0 bridgehead atoms. The number of methoxy groups -OCH3 is 1. The normalized spacial score (nSPS) is 10.2. The van der Waals surface area contributed by atoms with Crippen molar-refractivity contribution in [2.24, 2.45) is 0 Å². The fraction of sp³-hybridized carbons (Fsp3) is 0.462. The van der Waals surface area contributed by atoms with Crippen LogP contribution in [0.2, 0.25) is 0 Å². The molecule has 106 valence electrons. The first-order valence-electron chi connectivity index (χ1n) is 6.09. The summed E-state index contributed by atoms with van der Waals surface area (Å²) in [5, 5.41) is 6.54. The van der Waals surface area contributed by atoms with Crippen LogP contribution in [0.5, 0.6) is 0 Å². The lowest BCUT2D eigenvalue weighted by Crippen LogP contribution is -2.29. The standard InChI is InChI=1S/C13H19FN2O2S/c1-17-9-10-18-8-2-7-15-13(19)16-12-5-3-11(14)4-6-12/h3-6H,2,7-10H2,1H3,(H2,15,16,19). The second-order valence-corrected chi connectivity index (χ2v) is 4.25. The SMILES string of the molecule is COCCOCCCNC(=S)Nc1ccc(F)cc1. The Balaban J connectivity index is 2.06. The molecule has 0 fully saturated rings. The summed E-state index contributed by atoms with van der Waals surface area (Å²) in [4.78, 5) is 0. The van der Waals surface area contributed by atoms with Crippen molar-refractivity contribution in [3.63, 3.8) is 0 Å². The number of halogens is 1. The van der Waals surface area contributed by atoms with Crippen LogP contribution in [-0.4, -0.2) is 38.6 Å². The fourth-order valence-corrected chi connectivity index (χ4v) is 1.55. The topological polar surface area (TPSA) is 42.5 Å². The van der Waals surface area contributed by atoms with Crippen molar-refractivity contribution < 1.29 is 13.9 Å². The Kier molecular flexibility index (Phi) is 8.04. The molecule has 0 aromatic heterocycles. The second kappa shape index (κ2) is 9.66. The van der Waals surface area contributed by atoms with E-state index in [1.54, 1.807) is 19.2 Å². The zero-order valence-electron chi connectivity index (χ0n) is 10.9. The number of nitrogens with one attached hydrogen (secondary N) is 2. The quantitative estimate of drug-likeness (QED) is 0.566. The van der Waals surface area contributed by atoms with Crippen LogP contribution in [0.4, 0.5) is 10.1 Å². The molecule has 0 saturated carbocycles. The Morgan fingerprint density at radius 3 is 2.63 bits per heavy atom. The summed E-state index contributed by atoms with van der Waals surface area (Å²) in [5.74, 6) is -0.266. The summed E-state index contributed by atoms with van der Waals surface area (Å²) >= 11 is 5.11. The van der Waals surface area contributed by atoms with Gasteiger partial charge in [-0.1, -0.05) is 0 Å². The average molecular weight is 286 g/mol. The minimum Gasteiger partial charge on any atom is -0.382 e. The van der Waals surface area contributed by atoms with Gasteiger partial charge in [-0.2, -0.15) is 0 Å². The highest BCUT2D eigenvalue weighted by molar-refractivity contribution is 7.80. The Morgan fingerprint density at radius 2 is 1.95 bits per heavy atom. The van der Waals surface area contributed by atoms with Crippen molar-refractivity contribution in [2.75, 3.05) is 38.8 Å². The third kappa shape index (κ3) is 7.71. The van der Waals surface area contributed by atoms with E-state index >= 15 is 0 Å². The number of hydrogen-bond donors (Lipinski definition) is 2. The molecule has 0 unspecified atom stereocenters. The van der Waals surface area contributed by atoms with Crippen LogP contribution in [0.1, 0.15) is 6.42 Å². The van der Waals surface area contributed by atoms with Crippen LogP contribution in [0.15, 0.2) is 24.3 Å². The second-order valence-electron chi connectivity index (χ2n) is 3.85. The summed E-state index contributed by atoms with van der Waals surface area (Å²) in [6.07, 6.45) is 0.856. The molecule has 1 aromatic rings. The highest BCUT2D eigenvalue weighted by Crippen LogP contribution is 2.07. The van der Waals surface area contributed by atoms with Gasteiger partial charge in [0.15, 0.2) is 5.11 Å². The van der Waals surface area contributed by atoms with Gasteiger partial charge in [0, 0.05) is 25.9 Å². The first kappa shape index (κ1) is 15.8. The number of ether oxygens (including phenoxy) is 2. The molecule has 6 heteroatoms. The maximum atomic E-state index is 12.7. The van der Waals surface area contributed by atoms with E-state index in [0.29, 0.717) is 24.9 Å². The lowest BCUT2D eigenvalue weighted by molar-refractivity contribution is 0.0699. The molecular weight excluding hydrogens is 267 g/mol. The van der Waals surface area contributed by atoms with Crippen molar-refractivity contribution in [1.82, 2.24) is 5.32 Å². The van der Waals surface area contributed by atoms with Crippen LogP contribution < -0.4 is 10.6 Å². The molecule has 0 aliphatic carbocycles. The van der Waals surface area contributed by atoms with Gasteiger partial charge in [-0.3, -0.25) is 0 Å². The van der Waals surface area contributed by atoms with E-state index in [4.69, 9.17) is 21.7 Å². The molecule has 0 radical (unpaired) electrons. The van der Waals surface area contributed by atoms with Gasteiger partial charge < -0.3 is 20.1 Å². The molecule has 0 aliphatic heterocycles. The summed E-state index contributed by atoms with van der Waals surface area (Å²) in [5.41, 5.74) is 0.759. The number of rotatable bonds is 8. The lowest BCUT2D eigenvalue weighted by Gasteiger charge is -2.10. The number of benzene rings is 1. The van der Waals surface area contributed by atoms with Crippen LogP contribution in [0.25, 0.3) is 0 Å². The van der Waals surface area contributed by atoms with Crippen LogP contribution in [-0.2, 0) is 9.47 Å². The molecule has 4 nitrogen and oxygen atoms in total. The van der Waals surface area contributed by atoms with E-state index < -0.39 is 0 Å². The summed E-state index contributed by atoms with van der Waals surface area (Å²) in [6.45, 7) is 2.60. The predicted octanol–water partition coefficient (Wildman–Crippen LogP) is 2.17. The van der Waals surface area contributed by atoms with Crippen LogP contribution >= 0.6 is 12.2 Å². The van der Waals surface area contributed by atoms with Crippen LogP contribution in [0, 0.1) is 5.82 Å². The lowest BCUT2D eigenvalue weighted by atomic mass is 10.3. The highest BCUT2D eigenvalue weighted by atomic mass is 32.1.